The summed E-state index contributed by atoms with van der Waals surface area (Å²) in [5, 5.41) is 2.76. The van der Waals surface area contributed by atoms with Crippen molar-refractivity contribution in [3.63, 3.8) is 0 Å². The van der Waals surface area contributed by atoms with Crippen LogP contribution >= 0.6 is 8.19 Å². The topological polar surface area (TPSA) is 31.6 Å². The van der Waals surface area contributed by atoms with Crippen molar-refractivity contribution in [3.8, 4) is 22.0 Å². The third-order valence-corrected chi connectivity index (χ3v) is 3.87. The third kappa shape index (κ3) is 1.53. The Kier molecular flexibility index (Phi) is 2.01. The molecule has 0 aromatic carbocycles. The van der Waals surface area contributed by atoms with E-state index < -0.39 is 0 Å². The highest BCUT2D eigenvalue weighted by atomic mass is 31.0. The molecule has 3 aromatic rings. The van der Waals surface area contributed by atoms with Crippen LogP contribution in [0.5, 0.6) is 0 Å². The summed E-state index contributed by atoms with van der Waals surface area (Å²) < 4.78 is 0. The molecule has 0 aliphatic carbocycles. The largest absolute Gasteiger partial charge is 0.361 e. The number of rotatable bonds is 2. The van der Waals surface area contributed by atoms with Crippen LogP contribution in [0, 0.1) is 0 Å². The molecule has 0 aliphatic rings. The standard InChI is InChI=1S/C12H11N2P/c1-3-9(13-7-1)11-5-6-12(15-11)10-4-2-8-14-10/h1-8,13-15H. The van der Waals surface area contributed by atoms with Crippen molar-refractivity contribution in [1.82, 2.24) is 9.97 Å². The summed E-state index contributed by atoms with van der Waals surface area (Å²) >= 11 is 0. The third-order valence-electron chi connectivity index (χ3n) is 2.46. The zero-order valence-corrected chi connectivity index (χ0v) is 9.12. The molecule has 3 rings (SSSR count). The van der Waals surface area contributed by atoms with E-state index in [4.69, 9.17) is 0 Å². The maximum absolute atomic E-state index is 3.24. The zero-order chi connectivity index (χ0) is 10.1. The van der Waals surface area contributed by atoms with Gasteiger partial charge in [-0.15, -0.1) is 8.19 Å². The molecule has 15 heavy (non-hydrogen) atoms. The highest BCUT2D eigenvalue weighted by Crippen LogP contribution is 2.37. The van der Waals surface area contributed by atoms with E-state index >= 15 is 0 Å². The summed E-state index contributed by atoms with van der Waals surface area (Å²) in [6.07, 6.45) is 3.93. The van der Waals surface area contributed by atoms with Gasteiger partial charge in [0.2, 0.25) is 0 Å². The molecule has 0 amide bonds. The summed E-state index contributed by atoms with van der Waals surface area (Å²) in [6.45, 7) is 0. The lowest BCUT2D eigenvalue weighted by Gasteiger charge is -1.92. The zero-order valence-electron chi connectivity index (χ0n) is 8.12. The number of hydrogen-bond acceptors (Lipinski definition) is 0. The summed E-state index contributed by atoms with van der Waals surface area (Å²) in [5.41, 5.74) is 2.46. The molecule has 3 heterocycles. The predicted octanol–water partition coefficient (Wildman–Crippen LogP) is 3.71. The van der Waals surface area contributed by atoms with E-state index in [1.807, 2.05) is 24.5 Å². The first-order chi connectivity index (χ1) is 7.43. The Morgan fingerprint density at radius 2 is 1.27 bits per heavy atom. The molecule has 0 saturated carbocycles. The first-order valence-electron chi connectivity index (χ1n) is 4.90. The van der Waals surface area contributed by atoms with Crippen molar-refractivity contribution in [1.29, 1.82) is 0 Å². The summed E-state index contributed by atoms with van der Waals surface area (Å²) in [7, 11) is 0.739. The molecule has 0 fully saturated rings. The molecule has 0 saturated heterocycles. The molecule has 3 aromatic heterocycles. The van der Waals surface area contributed by atoms with Crippen molar-refractivity contribution >= 4 is 8.19 Å². The molecule has 2 nitrogen and oxygen atoms in total. The number of H-pyrrole nitrogens is 2. The first-order valence-corrected chi connectivity index (χ1v) is 5.90. The van der Waals surface area contributed by atoms with E-state index in [-0.39, 0.29) is 0 Å². The predicted molar refractivity (Wildman–Crippen MR) is 65.5 cm³/mol. The second-order valence-corrected chi connectivity index (χ2v) is 4.78. The van der Waals surface area contributed by atoms with Crippen LogP contribution in [0.3, 0.4) is 0 Å². The molecule has 0 spiro atoms. The number of aromatic nitrogens is 2. The van der Waals surface area contributed by atoms with Crippen molar-refractivity contribution in [2.24, 2.45) is 0 Å². The average Bonchev–Trinajstić information content (AvgIpc) is 3.02. The van der Waals surface area contributed by atoms with Gasteiger partial charge in [0.25, 0.3) is 0 Å². The fourth-order valence-corrected chi connectivity index (χ4v) is 2.91. The van der Waals surface area contributed by atoms with Crippen LogP contribution in [-0.4, -0.2) is 9.97 Å². The summed E-state index contributed by atoms with van der Waals surface area (Å²) in [5.74, 6) is 0. The van der Waals surface area contributed by atoms with E-state index in [9.17, 15) is 0 Å². The van der Waals surface area contributed by atoms with Crippen LogP contribution in [0.25, 0.3) is 22.0 Å². The van der Waals surface area contributed by atoms with E-state index in [0.717, 1.165) is 8.19 Å². The highest BCUT2D eigenvalue weighted by molar-refractivity contribution is 7.37. The summed E-state index contributed by atoms with van der Waals surface area (Å²) in [4.78, 5) is 6.48. The molecule has 74 valence electrons. The number of aromatic amines is 2. The van der Waals surface area contributed by atoms with Crippen molar-refractivity contribution in [2.75, 3.05) is 0 Å². The number of nitrogens with one attached hydrogen (secondary N) is 2. The van der Waals surface area contributed by atoms with Crippen LogP contribution in [-0.2, 0) is 0 Å². The lowest BCUT2D eigenvalue weighted by Crippen LogP contribution is -1.66. The van der Waals surface area contributed by atoms with Gasteiger partial charge >= 0.3 is 0 Å². The second kappa shape index (κ2) is 3.48. The normalized spacial score (nSPS) is 10.7. The fraction of sp³-hybridized carbons (Fsp3) is 0. The van der Waals surface area contributed by atoms with Crippen molar-refractivity contribution in [3.05, 3.63) is 48.8 Å². The van der Waals surface area contributed by atoms with Crippen molar-refractivity contribution in [2.45, 2.75) is 0 Å². The lowest BCUT2D eigenvalue weighted by atomic mass is 10.3. The smallest absolute Gasteiger partial charge is 0.0491 e. The first kappa shape index (κ1) is 8.63. The average molecular weight is 214 g/mol. The van der Waals surface area contributed by atoms with Gasteiger partial charge < -0.3 is 9.97 Å². The molecular weight excluding hydrogens is 203 g/mol. The van der Waals surface area contributed by atoms with Gasteiger partial charge in [0, 0.05) is 34.4 Å². The minimum atomic E-state index is 0.739. The molecule has 0 unspecified atom stereocenters. The minimum Gasteiger partial charge on any atom is -0.361 e. The van der Waals surface area contributed by atoms with Gasteiger partial charge in [-0.2, -0.15) is 0 Å². The fourth-order valence-electron chi connectivity index (χ4n) is 1.71. The van der Waals surface area contributed by atoms with Gasteiger partial charge in [-0.3, -0.25) is 0 Å². The molecule has 3 heteroatoms. The van der Waals surface area contributed by atoms with E-state index in [1.165, 1.54) is 22.0 Å². The van der Waals surface area contributed by atoms with Crippen LogP contribution < -0.4 is 0 Å². The number of hydrogen-bond donors (Lipinski definition) is 2. The van der Waals surface area contributed by atoms with E-state index in [1.54, 1.807) is 0 Å². The Labute approximate surface area is 89.5 Å². The monoisotopic (exact) mass is 214 g/mol. The van der Waals surface area contributed by atoms with Crippen LogP contribution in [0.4, 0.5) is 0 Å². The molecule has 0 bridgehead atoms. The lowest BCUT2D eigenvalue weighted by molar-refractivity contribution is 1.42. The highest BCUT2D eigenvalue weighted by Gasteiger charge is 2.03. The van der Waals surface area contributed by atoms with Gasteiger partial charge in [-0.25, -0.2) is 0 Å². The SMILES string of the molecule is c1c[nH]c(-c2ccc(-c3ccc[nH]3)[pH]2)c1. The molecular formula is C12H11N2P. The van der Waals surface area contributed by atoms with E-state index in [0.29, 0.717) is 0 Å². The van der Waals surface area contributed by atoms with Crippen LogP contribution in [0.1, 0.15) is 0 Å². The Bertz CT molecular complexity index is 483. The Morgan fingerprint density at radius 3 is 1.67 bits per heavy atom. The van der Waals surface area contributed by atoms with Gasteiger partial charge in [0.05, 0.1) is 0 Å². The molecule has 0 aliphatic heterocycles. The maximum atomic E-state index is 3.24. The Hall–Kier alpha value is -1.66. The van der Waals surface area contributed by atoms with E-state index in [2.05, 4.69) is 34.2 Å². The molecule has 0 radical (unpaired) electrons. The quantitative estimate of drug-likeness (QED) is 0.651. The van der Waals surface area contributed by atoms with Gasteiger partial charge in [-0.1, -0.05) is 0 Å². The Morgan fingerprint density at radius 1 is 0.733 bits per heavy atom. The second-order valence-electron chi connectivity index (χ2n) is 3.45. The van der Waals surface area contributed by atoms with Crippen molar-refractivity contribution < 1.29 is 0 Å². The Balaban J connectivity index is 2.02. The van der Waals surface area contributed by atoms with Gasteiger partial charge in [-0.05, 0) is 36.4 Å². The molecule has 2 N–H and O–H groups in total. The molecule has 0 atom stereocenters. The summed E-state index contributed by atoms with van der Waals surface area (Å²) in [6, 6.07) is 12.7. The van der Waals surface area contributed by atoms with Gasteiger partial charge in [0.1, 0.15) is 0 Å². The minimum absolute atomic E-state index is 0.739. The van der Waals surface area contributed by atoms with Crippen LogP contribution in [0.2, 0.25) is 0 Å². The van der Waals surface area contributed by atoms with Gasteiger partial charge in [0.15, 0.2) is 0 Å². The van der Waals surface area contributed by atoms with Crippen LogP contribution in [0.15, 0.2) is 48.8 Å². The maximum Gasteiger partial charge on any atom is 0.0491 e.